The van der Waals surface area contributed by atoms with Crippen LogP contribution in [0.25, 0.3) is 10.4 Å². The third-order valence-corrected chi connectivity index (χ3v) is 6.86. The van der Waals surface area contributed by atoms with E-state index in [9.17, 15) is 9.59 Å². The second-order valence-electron chi connectivity index (χ2n) is 8.18. The van der Waals surface area contributed by atoms with Gasteiger partial charge in [-0.1, -0.05) is 42.5 Å². The van der Waals surface area contributed by atoms with Crippen LogP contribution in [0.1, 0.15) is 28.9 Å². The quantitative estimate of drug-likeness (QED) is 0.542. The molecule has 1 unspecified atom stereocenters. The molecule has 32 heavy (non-hydrogen) atoms. The molecule has 0 aliphatic carbocycles. The normalized spacial score (nSPS) is 18.2. The largest absolute Gasteiger partial charge is 0.352 e. The van der Waals surface area contributed by atoms with Crippen LogP contribution in [0.2, 0.25) is 0 Å². The summed E-state index contributed by atoms with van der Waals surface area (Å²) in [5.74, 6) is -0.155. The third-order valence-electron chi connectivity index (χ3n) is 5.94. The van der Waals surface area contributed by atoms with Crippen molar-refractivity contribution in [3.05, 3.63) is 90.1 Å². The van der Waals surface area contributed by atoms with Gasteiger partial charge in [-0.25, -0.2) is 0 Å². The molecule has 1 saturated heterocycles. The molecule has 1 aliphatic rings. The predicted octanol–water partition coefficient (Wildman–Crippen LogP) is 4.58. The molecule has 1 aromatic carbocycles. The van der Waals surface area contributed by atoms with Gasteiger partial charge in [-0.15, -0.1) is 17.9 Å². The van der Waals surface area contributed by atoms with Gasteiger partial charge in [-0.3, -0.25) is 14.6 Å². The smallest absolute Gasteiger partial charge is 0.272 e. The van der Waals surface area contributed by atoms with E-state index in [1.165, 1.54) is 10.4 Å². The second kappa shape index (κ2) is 9.92. The van der Waals surface area contributed by atoms with E-state index in [0.717, 1.165) is 18.4 Å². The predicted molar refractivity (Wildman–Crippen MR) is 128 cm³/mol. The van der Waals surface area contributed by atoms with Crippen molar-refractivity contribution < 1.29 is 9.59 Å². The fraction of sp³-hybridized carbons (Fsp3) is 0.269. The van der Waals surface area contributed by atoms with Gasteiger partial charge in [0.1, 0.15) is 5.69 Å². The van der Waals surface area contributed by atoms with Gasteiger partial charge in [-0.2, -0.15) is 0 Å². The zero-order chi connectivity index (χ0) is 22.4. The molecule has 0 radical (unpaired) electrons. The molecule has 2 aromatic heterocycles. The number of carbonyl (C=O) groups excluding carboxylic acids is 2. The van der Waals surface area contributed by atoms with E-state index in [-0.39, 0.29) is 11.8 Å². The van der Waals surface area contributed by atoms with E-state index in [1.54, 1.807) is 40.6 Å². The van der Waals surface area contributed by atoms with Crippen molar-refractivity contribution in [1.29, 1.82) is 0 Å². The van der Waals surface area contributed by atoms with Crippen molar-refractivity contribution in [1.82, 2.24) is 15.2 Å². The Labute approximate surface area is 192 Å². The Hall–Kier alpha value is -3.25. The summed E-state index contributed by atoms with van der Waals surface area (Å²) in [5, 5.41) is 5.05. The summed E-state index contributed by atoms with van der Waals surface area (Å²) in [5.41, 5.74) is 1.99. The third kappa shape index (κ3) is 4.81. The highest BCUT2D eigenvalue weighted by molar-refractivity contribution is 7.13. The highest BCUT2D eigenvalue weighted by atomic mass is 32.1. The van der Waals surface area contributed by atoms with Gasteiger partial charge in [0.15, 0.2) is 0 Å². The monoisotopic (exact) mass is 445 g/mol. The first-order valence-corrected chi connectivity index (χ1v) is 11.7. The molecule has 3 heterocycles. The maximum absolute atomic E-state index is 13.3. The second-order valence-corrected chi connectivity index (χ2v) is 9.12. The number of carbonyl (C=O) groups is 2. The van der Waals surface area contributed by atoms with Crippen molar-refractivity contribution >= 4 is 23.2 Å². The van der Waals surface area contributed by atoms with E-state index in [2.05, 4.69) is 52.6 Å². The molecule has 5 nitrogen and oxygen atoms in total. The van der Waals surface area contributed by atoms with Crippen LogP contribution in [0.3, 0.4) is 0 Å². The molecule has 0 spiro atoms. The maximum atomic E-state index is 13.3. The van der Waals surface area contributed by atoms with Crippen LogP contribution >= 0.6 is 11.3 Å². The fourth-order valence-electron chi connectivity index (χ4n) is 4.34. The first-order chi connectivity index (χ1) is 15.6. The van der Waals surface area contributed by atoms with Gasteiger partial charge in [0, 0.05) is 30.7 Å². The Morgan fingerprint density at radius 3 is 2.69 bits per heavy atom. The number of benzene rings is 1. The lowest BCUT2D eigenvalue weighted by molar-refractivity contribution is -0.133. The molecule has 1 fully saturated rings. The van der Waals surface area contributed by atoms with E-state index in [1.807, 2.05) is 12.1 Å². The highest BCUT2D eigenvalue weighted by Crippen LogP contribution is 2.35. The van der Waals surface area contributed by atoms with E-state index >= 15 is 0 Å². The number of amides is 2. The SMILES string of the molecule is C=CCNC(=O)C1(Cc2ccc(-c3cccs3)cc2)CCCN(C(=O)c2ccccn2)C1. The summed E-state index contributed by atoms with van der Waals surface area (Å²) >= 11 is 1.71. The highest BCUT2D eigenvalue weighted by Gasteiger charge is 2.43. The lowest BCUT2D eigenvalue weighted by Gasteiger charge is -2.41. The Bertz CT molecular complexity index is 1060. The van der Waals surface area contributed by atoms with Gasteiger partial charge in [0.05, 0.1) is 5.41 Å². The molecular weight excluding hydrogens is 418 g/mol. The molecule has 1 aliphatic heterocycles. The average molecular weight is 446 g/mol. The van der Waals surface area contributed by atoms with E-state index < -0.39 is 5.41 Å². The van der Waals surface area contributed by atoms with Gasteiger partial charge >= 0.3 is 0 Å². The minimum absolute atomic E-state index is 0.0294. The summed E-state index contributed by atoms with van der Waals surface area (Å²) in [6.07, 6.45) is 5.38. The Morgan fingerprint density at radius 1 is 1.16 bits per heavy atom. The summed E-state index contributed by atoms with van der Waals surface area (Å²) in [6, 6.07) is 17.9. The lowest BCUT2D eigenvalue weighted by Crippen LogP contribution is -2.54. The molecule has 3 aromatic rings. The van der Waals surface area contributed by atoms with Crippen molar-refractivity contribution in [2.45, 2.75) is 19.3 Å². The minimum atomic E-state index is -0.684. The number of rotatable bonds is 7. The molecule has 164 valence electrons. The molecule has 0 bridgehead atoms. The number of nitrogens with one attached hydrogen (secondary N) is 1. The standard InChI is InChI=1S/C26H27N3O2S/c1-2-14-28-25(31)26(18-20-9-11-21(12-10-20)23-8-5-17-32-23)13-6-16-29(19-26)24(30)22-7-3-4-15-27-22/h2-5,7-12,15,17H,1,6,13-14,16,18-19H2,(H,28,31). The van der Waals surface area contributed by atoms with Gasteiger partial charge in [0.25, 0.3) is 5.91 Å². The number of hydrogen-bond acceptors (Lipinski definition) is 4. The van der Waals surface area contributed by atoms with Crippen molar-refractivity contribution in [2.75, 3.05) is 19.6 Å². The minimum Gasteiger partial charge on any atom is -0.352 e. The number of aromatic nitrogens is 1. The van der Waals surface area contributed by atoms with Gasteiger partial charge in [-0.05, 0) is 54.0 Å². The summed E-state index contributed by atoms with van der Waals surface area (Å²) in [7, 11) is 0. The number of piperidine rings is 1. The van der Waals surface area contributed by atoms with E-state index in [0.29, 0.717) is 31.7 Å². The molecule has 4 rings (SSSR count). The molecule has 2 amide bonds. The molecule has 6 heteroatoms. The van der Waals surface area contributed by atoms with Crippen molar-refractivity contribution in [3.63, 3.8) is 0 Å². The topological polar surface area (TPSA) is 62.3 Å². The first-order valence-electron chi connectivity index (χ1n) is 10.8. The van der Waals surface area contributed by atoms with Crippen molar-refractivity contribution in [3.8, 4) is 10.4 Å². The van der Waals surface area contributed by atoms with Crippen LogP contribution in [0, 0.1) is 5.41 Å². The molecule has 1 N–H and O–H groups in total. The number of pyridine rings is 1. The summed E-state index contributed by atoms with van der Waals surface area (Å²) < 4.78 is 0. The van der Waals surface area contributed by atoms with Crippen LogP contribution in [-0.4, -0.2) is 41.3 Å². The van der Waals surface area contributed by atoms with Crippen LogP contribution < -0.4 is 5.32 Å². The molecular formula is C26H27N3O2S. The molecule has 1 atom stereocenters. The van der Waals surface area contributed by atoms with Gasteiger partial charge < -0.3 is 10.2 Å². The zero-order valence-corrected chi connectivity index (χ0v) is 18.8. The average Bonchev–Trinajstić information content (AvgIpc) is 3.38. The van der Waals surface area contributed by atoms with Crippen LogP contribution in [-0.2, 0) is 11.2 Å². The van der Waals surface area contributed by atoms with Crippen LogP contribution in [0.4, 0.5) is 0 Å². The number of nitrogens with zero attached hydrogens (tertiary/aromatic N) is 2. The Morgan fingerprint density at radius 2 is 2.00 bits per heavy atom. The summed E-state index contributed by atoms with van der Waals surface area (Å²) in [6.45, 7) is 5.12. The van der Waals surface area contributed by atoms with Gasteiger partial charge in [0.2, 0.25) is 5.91 Å². The van der Waals surface area contributed by atoms with Crippen molar-refractivity contribution in [2.24, 2.45) is 5.41 Å². The molecule has 0 saturated carbocycles. The number of hydrogen-bond donors (Lipinski definition) is 1. The maximum Gasteiger partial charge on any atom is 0.272 e. The first kappa shape index (κ1) is 22.0. The van der Waals surface area contributed by atoms with Crippen LogP contribution in [0.5, 0.6) is 0 Å². The summed E-state index contributed by atoms with van der Waals surface area (Å²) in [4.78, 5) is 33.6. The Balaban J connectivity index is 1.58. The van der Waals surface area contributed by atoms with E-state index in [4.69, 9.17) is 0 Å². The number of thiophene rings is 1. The van der Waals surface area contributed by atoms with Crippen LogP contribution in [0.15, 0.2) is 78.8 Å². The zero-order valence-electron chi connectivity index (χ0n) is 18.0. The fourth-order valence-corrected chi connectivity index (χ4v) is 5.07. The Kier molecular flexibility index (Phi) is 6.81. The lowest BCUT2D eigenvalue weighted by atomic mass is 9.74. The number of likely N-dealkylation sites (tertiary alicyclic amines) is 1.